The average Bonchev–Trinajstić information content (AvgIpc) is 2.52. The molecule has 0 aromatic heterocycles. The van der Waals surface area contributed by atoms with Crippen molar-refractivity contribution in [3.8, 4) is 6.07 Å². The number of nitriles is 1. The average molecular weight is 311 g/mol. The fraction of sp³-hybridized carbons (Fsp3) is 0.562. The zero-order valence-corrected chi connectivity index (χ0v) is 12.6. The standard InChI is InChI=1S/C16H20F3N3/c1-21-7-4-12-5-8-22(9-6-12)14-2-3-15(16(17,18)19)13(10-14)11-20/h2-3,10,12,21H,4-9H2,1H3. The van der Waals surface area contributed by atoms with Gasteiger partial charge in [0, 0.05) is 18.8 Å². The molecule has 0 aliphatic carbocycles. The first-order chi connectivity index (χ1) is 10.5. The summed E-state index contributed by atoms with van der Waals surface area (Å²) in [6.45, 7) is 2.64. The highest BCUT2D eigenvalue weighted by molar-refractivity contribution is 5.55. The second kappa shape index (κ2) is 7.01. The smallest absolute Gasteiger partial charge is 0.371 e. The number of halogens is 3. The van der Waals surface area contributed by atoms with E-state index in [9.17, 15) is 13.2 Å². The molecule has 0 radical (unpaired) electrons. The van der Waals surface area contributed by atoms with Crippen molar-refractivity contribution in [2.24, 2.45) is 5.92 Å². The topological polar surface area (TPSA) is 39.1 Å². The van der Waals surface area contributed by atoms with E-state index in [0.717, 1.165) is 45.0 Å². The molecular formula is C16H20F3N3. The summed E-state index contributed by atoms with van der Waals surface area (Å²) in [6, 6.07) is 5.51. The van der Waals surface area contributed by atoms with Gasteiger partial charge >= 0.3 is 6.18 Å². The van der Waals surface area contributed by atoms with Gasteiger partial charge in [-0.15, -0.1) is 0 Å². The van der Waals surface area contributed by atoms with E-state index in [4.69, 9.17) is 5.26 Å². The molecule has 0 bridgehead atoms. The largest absolute Gasteiger partial charge is 0.417 e. The summed E-state index contributed by atoms with van der Waals surface area (Å²) in [6.07, 6.45) is -1.29. The Morgan fingerprint density at radius 3 is 2.55 bits per heavy atom. The molecule has 1 aliphatic rings. The molecular weight excluding hydrogens is 291 g/mol. The van der Waals surface area contributed by atoms with Crippen LogP contribution in [0.4, 0.5) is 18.9 Å². The van der Waals surface area contributed by atoms with Crippen LogP contribution < -0.4 is 10.2 Å². The van der Waals surface area contributed by atoms with Crippen molar-refractivity contribution in [2.75, 3.05) is 31.6 Å². The van der Waals surface area contributed by atoms with Crippen LogP contribution >= 0.6 is 0 Å². The first kappa shape index (κ1) is 16.6. The minimum absolute atomic E-state index is 0.303. The van der Waals surface area contributed by atoms with Crippen LogP contribution in [0.2, 0.25) is 0 Å². The number of nitrogens with one attached hydrogen (secondary N) is 1. The van der Waals surface area contributed by atoms with Gasteiger partial charge in [-0.1, -0.05) is 0 Å². The second-order valence-corrected chi connectivity index (χ2v) is 5.66. The Hall–Kier alpha value is -1.74. The maximum absolute atomic E-state index is 12.8. The Balaban J connectivity index is 2.07. The van der Waals surface area contributed by atoms with Gasteiger partial charge in [0.25, 0.3) is 0 Å². The monoisotopic (exact) mass is 311 g/mol. The van der Waals surface area contributed by atoms with Gasteiger partial charge in [0.15, 0.2) is 0 Å². The maximum Gasteiger partial charge on any atom is 0.417 e. The molecule has 6 heteroatoms. The highest BCUT2D eigenvalue weighted by Gasteiger charge is 2.34. The number of benzene rings is 1. The van der Waals surface area contributed by atoms with Gasteiger partial charge in [0.2, 0.25) is 0 Å². The summed E-state index contributed by atoms with van der Waals surface area (Å²) in [7, 11) is 1.93. The summed E-state index contributed by atoms with van der Waals surface area (Å²) in [5.74, 6) is 0.661. The summed E-state index contributed by atoms with van der Waals surface area (Å²) in [5.41, 5.74) is -0.457. The lowest BCUT2D eigenvalue weighted by molar-refractivity contribution is -0.137. The van der Waals surface area contributed by atoms with Crippen LogP contribution in [0.3, 0.4) is 0 Å². The number of piperidine rings is 1. The third kappa shape index (κ3) is 3.92. The minimum Gasteiger partial charge on any atom is -0.371 e. The lowest BCUT2D eigenvalue weighted by Gasteiger charge is -2.34. The summed E-state index contributed by atoms with van der Waals surface area (Å²) >= 11 is 0. The van der Waals surface area contributed by atoms with E-state index in [-0.39, 0.29) is 5.56 Å². The third-order valence-electron chi connectivity index (χ3n) is 4.21. The van der Waals surface area contributed by atoms with Gasteiger partial charge in [-0.25, -0.2) is 0 Å². The molecule has 1 fully saturated rings. The predicted molar refractivity (Wildman–Crippen MR) is 79.6 cm³/mol. The van der Waals surface area contributed by atoms with E-state index in [1.54, 1.807) is 6.07 Å². The lowest BCUT2D eigenvalue weighted by atomic mass is 9.93. The summed E-state index contributed by atoms with van der Waals surface area (Å²) in [4.78, 5) is 2.07. The van der Waals surface area contributed by atoms with E-state index in [2.05, 4.69) is 10.2 Å². The number of alkyl halides is 3. The number of hydrogen-bond donors (Lipinski definition) is 1. The first-order valence-corrected chi connectivity index (χ1v) is 7.46. The van der Waals surface area contributed by atoms with Crippen LogP contribution in [0.25, 0.3) is 0 Å². The zero-order chi connectivity index (χ0) is 16.2. The van der Waals surface area contributed by atoms with Crippen molar-refractivity contribution >= 4 is 5.69 Å². The second-order valence-electron chi connectivity index (χ2n) is 5.66. The normalized spacial score (nSPS) is 16.6. The van der Waals surface area contributed by atoms with E-state index < -0.39 is 11.7 Å². The van der Waals surface area contributed by atoms with Crippen molar-refractivity contribution < 1.29 is 13.2 Å². The Morgan fingerprint density at radius 1 is 1.32 bits per heavy atom. The van der Waals surface area contributed by atoms with Crippen molar-refractivity contribution in [3.63, 3.8) is 0 Å². The molecule has 0 saturated carbocycles. The molecule has 120 valence electrons. The highest BCUT2D eigenvalue weighted by atomic mass is 19.4. The lowest BCUT2D eigenvalue weighted by Crippen LogP contribution is -2.34. The molecule has 0 amide bonds. The van der Waals surface area contributed by atoms with Crippen LogP contribution in [0.5, 0.6) is 0 Å². The van der Waals surface area contributed by atoms with Gasteiger partial charge in [0.1, 0.15) is 0 Å². The molecule has 2 rings (SSSR count). The molecule has 0 atom stereocenters. The zero-order valence-electron chi connectivity index (χ0n) is 12.6. The molecule has 1 aromatic carbocycles. The van der Waals surface area contributed by atoms with Crippen LogP contribution in [0, 0.1) is 17.2 Å². The molecule has 1 saturated heterocycles. The van der Waals surface area contributed by atoms with E-state index in [1.165, 1.54) is 12.1 Å². The molecule has 1 heterocycles. The SMILES string of the molecule is CNCCC1CCN(c2ccc(C(F)(F)F)c(C#N)c2)CC1. The van der Waals surface area contributed by atoms with Gasteiger partial charge < -0.3 is 10.2 Å². The van der Waals surface area contributed by atoms with Crippen molar-refractivity contribution in [2.45, 2.75) is 25.4 Å². The van der Waals surface area contributed by atoms with E-state index >= 15 is 0 Å². The highest BCUT2D eigenvalue weighted by Crippen LogP contribution is 2.34. The van der Waals surface area contributed by atoms with Gasteiger partial charge in [-0.3, -0.25) is 0 Å². The van der Waals surface area contributed by atoms with Gasteiger partial charge in [0.05, 0.1) is 17.2 Å². The Kier molecular flexibility index (Phi) is 5.30. The molecule has 22 heavy (non-hydrogen) atoms. The van der Waals surface area contributed by atoms with Crippen molar-refractivity contribution in [3.05, 3.63) is 29.3 Å². The molecule has 3 nitrogen and oxygen atoms in total. The fourth-order valence-corrected chi connectivity index (χ4v) is 2.90. The van der Waals surface area contributed by atoms with E-state index in [1.807, 2.05) is 7.05 Å². The third-order valence-corrected chi connectivity index (χ3v) is 4.21. The minimum atomic E-state index is -4.48. The van der Waals surface area contributed by atoms with Crippen LogP contribution in [-0.4, -0.2) is 26.7 Å². The van der Waals surface area contributed by atoms with Gasteiger partial charge in [-0.2, -0.15) is 18.4 Å². The Bertz CT molecular complexity index is 541. The van der Waals surface area contributed by atoms with Crippen LogP contribution in [-0.2, 0) is 6.18 Å². The van der Waals surface area contributed by atoms with Gasteiger partial charge in [-0.05, 0) is 57.0 Å². The van der Waals surface area contributed by atoms with Crippen molar-refractivity contribution in [1.82, 2.24) is 5.32 Å². The molecule has 1 N–H and O–H groups in total. The van der Waals surface area contributed by atoms with Crippen molar-refractivity contribution in [1.29, 1.82) is 5.26 Å². The number of rotatable bonds is 4. The van der Waals surface area contributed by atoms with E-state index in [0.29, 0.717) is 11.6 Å². The number of anilines is 1. The molecule has 0 spiro atoms. The number of hydrogen-bond acceptors (Lipinski definition) is 3. The summed E-state index contributed by atoms with van der Waals surface area (Å²) < 4.78 is 38.4. The Labute approximate surface area is 128 Å². The van der Waals surface area contributed by atoms with Crippen LogP contribution in [0.15, 0.2) is 18.2 Å². The Morgan fingerprint density at radius 2 is 2.00 bits per heavy atom. The first-order valence-electron chi connectivity index (χ1n) is 7.46. The quantitative estimate of drug-likeness (QED) is 0.926. The molecule has 1 aromatic rings. The summed E-state index contributed by atoms with van der Waals surface area (Å²) in [5, 5.41) is 12.1. The number of nitrogens with zero attached hydrogens (tertiary/aromatic N) is 2. The fourth-order valence-electron chi connectivity index (χ4n) is 2.90. The van der Waals surface area contributed by atoms with Crippen LogP contribution in [0.1, 0.15) is 30.4 Å². The molecule has 1 aliphatic heterocycles. The predicted octanol–water partition coefficient (Wildman–Crippen LogP) is 3.40. The maximum atomic E-state index is 12.8. The molecule has 0 unspecified atom stereocenters.